The maximum atomic E-state index is 8.85. The van der Waals surface area contributed by atoms with Crippen LogP contribution in [0.1, 0.15) is 18.4 Å². The predicted molar refractivity (Wildman–Crippen MR) is 57.8 cm³/mol. The quantitative estimate of drug-likeness (QED) is 0.852. The first-order valence-corrected chi connectivity index (χ1v) is 5.12. The second-order valence-electron chi connectivity index (χ2n) is 3.90. The number of rotatable bonds is 3. The van der Waals surface area contributed by atoms with Crippen molar-refractivity contribution in [3.05, 3.63) is 28.8 Å². The number of hydrogen-bond donors (Lipinski definition) is 1. The molecule has 15 heavy (non-hydrogen) atoms. The van der Waals surface area contributed by atoms with Crippen LogP contribution in [0.3, 0.4) is 0 Å². The van der Waals surface area contributed by atoms with Gasteiger partial charge in [-0.3, -0.25) is 0 Å². The Morgan fingerprint density at radius 3 is 2.87 bits per heavy atom. The van der Waals surface area contributed by atoms with Gasteiger partial charge in [-0.2, -0.15) is 5.26 Å². The zero-order valence-corrected chi connectivity index (χ0v) is 8.92. The summed E-state index contributed by atoms with van der Waals surface area (Å²) >= 11 is 5.82. The summed E-state index contributed by atoms with van der Waals surface area (Å²) < 4.78 is 5.50. The average Bonchev–Trinajstić information content (AvgIpc) is 2.95. The van der Waals surface area contributed by atoms with Crippen LogP contribution in [0.4, 0.5) is 0 Å². The summed E-state index contributed by atoms with van der Waals surface area (Å²) in [6.07, 6.45) is 1.96. The van der Waals surface area contributed by atoms with Gasteiger partial charge in [0.25, 0.3) is 0 Å². The lowest BCUT2D eigenvalue weighted by Crippen LogP contribution is -2.29. The van der Waals surface area contributed by atoms with E-state index in [1.54, 1.807) is 18.2 Å². The lowest BCUT2D eigenvalue weighted by molar-refractivity contribution is 0.279. The molecule has 1 saturated carbocycles. The topological polar surface area (TPSA) is 59.0 Å². The van der Waals surface area contributed by atoms with E-state index >= 15 is 0 Å². The Bertz CT molecular complexity index is 421. The van der Waals surface area contributed by atoms with Gasteiger partial charge >= 0.3 is 0 Å². The van der Waals surface area contributed by atoms with E-state index in [2.05, 4.69) is 6.07 Å². The number of halogens is 1. The van der Waals surface area contributed by atoms with Crippen LogP contribution in [-0.4, -0.2) is 12.1 Å². The summed E-state index contributed by atoms with van der Waals surface area (Å²) in [4.78, 5) is 0. The van der Waals surface area contributed by atoms with Crippen molar-refractivity contribution in [3.63, 3.8) is 0 Å². The molecule has 0 bridgehead atoms. The molecule has 0 atom stereocenters. The summed E-state index contributed by atoms with van der Waals surface area (Å²) in [5.74, 6) is 0.515. The highest BCUT2D eigenvalue weighted by atomic mass is 35.5. The summed E-state index contributed by atoms with van der Waals surface area (Å²) in [5, 5.41) is 9.41. The fourth-order valence-electron chi connectivity index (χ4n) is 1.23. The molecule has 1 aromatic rings. The van der Waals surface area contributed by atoms with Gasteiger partial charge in [-0.1, -0.05) is 11.6 Å². The molecule has 4 heteroatoms. The molecule has 0 aliphatic heterocycles. The molecule has 1 aromatic carbocycles. The van der Waals surface area contributed by atoms with Crippen LogP contribution >= 0.6 is 11.6 Å². The Hall–Kier alpha value is -1.24. The number of ether oxygens (including phenoxy) is 1. The maximum Gasteiger partial charge on any atom is 0.138 e. The molecular formula is C11H11ClN2O. The van der Waals surface area contributed by atoms with Crippen LogP contribution in [0.5, 0.6) is 5.75 Å². The minimum atomic E-state index is -0.185. The Labute approximate surface area is 93.4 Å². The number of nitrogens with zero attached hydrogens (tertiary/aromatic N) is 1. The van der Waals surface area contributed by atoms with Gasteiger partial charge < -0.3 is 10.5 Å². The molecule has 1 aliphatic rings. The van der Waals surface area contributed by atoms with Crippen LogP contribution in [0.15, 0.2) is 18.2 Å². The zero-order chi connectivity index (χ0) is 10.9. The van der Waals surface area contributed by atoms with E-state index in [0.29, 0.717) is 22.9 Å². The molecule has 0 heterocycles. The van der Waals surface area contributed by atoms with Gasteiger partial charge in [0.1, 0.15) is 18.4 Å². The zero-order valence-electron chi connectivity index (χ0n) is 8.16. The largest absolute Gasteiger partial charge is 0.490 e. The monoisotopic (exact) mass is 222 g/mol. The number of benzene rings is 1. The Morgan fingerprint density at radius 1 is 1.53 bits per heavy atom. The third-order valence-electron chi connectivity index (χ3n) is 2.47. The summed E-state index contributed by atoms with van der Waals surface area (Å²) in [6, 6.07) is 7.02. The average molecular weight is 223 g/mol. The molecule has 3 nitrogen and oxygen atoms in total. The van der Waals surface area contributed by atoms with E-state index in [9.17, 15) is 0 Å². The molecule has 0 spiro atoms. The van der Waals surface area contributed by atoms with Gasteiger partial charge in [0, 0.05) is 11.1 Å². The normalized spacial score (nSPS) is 16.9. The van der Waals surface area contributed by atoms with Gasteiger partial charge in [0.15, 0.2) is 0 Å². The van der Waals surface area contributed by atoms with Crippen LogP contribution in [-0.2, 0) is 0 Å². The predicted octanol–water partition coefficient (Wildman–Crippen LogP) is 2.08. The lowest BCUT2D eigenvalue weighted by atomic mass is 10.2. The van der Waals surface area contributed by atoms with Crippen LogP contribution in [0, 0.1) is 11.3 Å². The summed E-state index contributed by atoms with van der Waals surface area (Å²) in [7, 11) is 0. The van der Waals surface area contributed by atoms with Crippen LogP contribution in [0.25, 0.3) is 0 Å². The lowest BCUT2D eigenvalue weighted by Gasteiger charge is -2.12. The van der Waals surface area contributed by atoms with Gasteiger partial charge in [0.2, 0.25) is 0 Å². The number of nitrogens with two attached hydrogens (primary N) is 1. The van der Waals surface area contributed by atoms with E-state index in [0.717, 1.165) is 12.8 Å². The van der Waals surface area contributed by atoms with Crippen molar-refractivity contribution in [2.24, 2.45) is 5.73 Å². The number of hydrogen-bond acceptors (Lipinski definition) is 3. The minimum absolute atomic E-state index is 0.185. The van der Waals surface area contributed by atoms with Crippen molar-refractivity contribution >= 4 is 11.6 Å². The molecule has 78 valence electrons. The third kappa shape index (κ3) is 2.41. The molecule has 0 aromatic heterocycles. The van der Waals surface area contributed by atoms with Crippen molar-refractivity contribution in [3.8, 4) is 11.8 Å². The Morgan fingerprint density at radius 2 is 2.27 bits per heavy atom. The molecular weight excluding hydrogens is 212 g/mol. The molecule has 1 aliphatic carbocycles. The highest BCUT2D eigenvalue weighted by Gasteiger charge is 2.39. The van der Waals surface area contributed by atoms with E-state index < -0.39 is 0 Å². The van der Waals surface area contributed by atoms with E-state index in [4.69, 9.17) is 27.3 Å². The van der Waals surface area contributed by atoms with E-state index in [1.165, 1.54) is 0 Å². The van der Waals surface area contributed by atoms with Crippen molar-refractivity contribution in [1.82, 2.24) is 0 Å². The highest BCUT2D eigenvalue weighted by Crippen LogP contribution is 2.33. The minimum Gasteiger partial charge on any atom is -0.490 e. The summed E-state index contributed by atoms with van der Waals surface area (Å²) in [6.45, 7) is 0.446. The molecule has 0 radical (unpaired) electrons. The van der Waals surface area contributed by atoms with Gasteiger partial charge in [-0.15, -0.1) is 0 Å². The van der Waals surface area contributed by atoms with Crippen LogP contribution < -0.4 is 10.5 Å². The third-order valence-corrected chi connectivity index (χ3v) is 2.71. The van der Waals surface area contributed by atoms with Crippen molar-refractivity contribution in [1.29, 1.82) is 5.26 Å². The second-order valence-corrected chi connectivity index (χ2v) is 4.34. The van der Waals surface area contributed by atoms with Gasteiger partial charge in [0.05, 0.1) is 11.1 Å². The Balaban J connectivity index is 2.12. The second kappa shape index (κ2) is 3.73. The smallest absolute Gasteiger partial charge is 0.138 e. The molecule has 0 unspecified atom stereocenters. The molecule has 2 rings (SSSR count). The van der Waals surface area contributed by atoms with E-state index in [1.807, 2.05) is 0 Å². The van der Waals surface area contributed by atoms with Crippen LogP contribution in [0.2, 0.25) is 5.02 Å². The first-order valence-electron chi connectivity index (χ1n) is 4.74. The van der Waals surface area contributed by atoms with Crippen molar-refractivity contribution < 1.29 is 4.74 Å². The van der Waals surface area contributed by atoms with Crippen molar-refractivity contribution in [2.75, 3.05) is 6.61 Å². The fraction of sp³-hybridized carbons (Fsp3) is 0.364. The molecule has 2 N–H and O–H groups in total. The first kappa shape index (κ1) is 10.3. The highest BCUT2D eigenvalue weighted by molar-refractivity contribution is 6.30. The molecule has 0 amide bonds. The molecule has 0 saturated heterocycles. The van der Waals surface area contributed by atoms with Gasteiger partial charge in [-0.25, -0.2) is 0 Å². The maximum absolute atomic E-state index is 8.85. The first-order chi connectivity index (χ1) is 7.13. The fourth-order valence-corrected chi connectivity index (χ4v) is 1.40. The summed E-state index contributed by atoms with van der Waals surface area (Å²) in [5.41, 5.74) is 6.19. The van der Waals surface area contributed by atoms with E-state index in [-0.39, 0.29) is 5.54 Å². The van der Waals surface area contributed by atoms with Crippen molar-refractivity contribution in [2.45, 2.75) is 18.4 Å². The SMILES string of the molecule is N#Cc1ccc(Cl)cc1OCC1(N)CC1. The van der Waals surface area contributed by atoms with Gasteiger partial charge in [-0.05, 0) is 25.0 Å². The Kier molecular flexibility index (Phi) is 2.56. The standard InChI is InChI=1S/C11H11ClN2O/c12-9-2-1-8(6-13)10(5-9)15-7-11(14)3-4-11/h1-2,5H,3-4,7,14H2. The molecule has 1 fully saturated rings. The number of nitriles is 1.